The number of amides is 1. The third-order valence-electron chi connectivity index (χ3n) is 5.40. The second-order valence-corrected chi connectivity index (χ2v) is 8.29. The third-order valence-corrected chi connectivity index (χ3v) is 6.22. The molecule has 5 rings (SSSR count). The average Bonchev–Trinajstić information content (AvgIpc) is 3.11. The van der Waals surface area contributed by atoms with Crippen LogP contribution in [0.3, 0.4) is 0 Å². The Morgan fingerprint density at radius 3 is 2.83 bits per heavy atom. The summed E-state index contributed by atoms with van der Waals surface area (Å²) in [5.74, 6) is 2.02. The monoisotopic (exact) mass is 420 g/mol. The van der Waals surface area contributed by atoms with Gasteiger partial charge in [-0.25, -0.2) is 0 Å². The number of ether oxygens (including phenoxy) is 1. The van der Waals surface area contributed by atoms with Gasteiger partial charge >= 0.3 is 0 Å². The summed E-state index contributed by atoms with van der Waals surface area (Å²) in [7, 11) is 0. The van der Waals surface area contributed by atoms with Gasteiger partial charge in [-0.1, -0.05) is 42.3 Å². The van der Waals surface area contributed by atoms with E-state index >= 15 is 0 Å². The predicted octanol–water partition coefficient (Wildman–Crippen LogP) is 3.26. The van der Waals surface area contributed by atoms with Crippen LogP contribution >= 0.6 is 11.9 Å². The predicted molar refractivity (Wildman–Crippen MR) is 121 cm³/mol. The number of hydrogen-bond acceptors (Lipinski definition) is 5. The molecule has 0 atom stereocenters. The Labute approximate surface area is 179 Å². The Kier molecular flexibility index (Phi) is 5.38. The van der Waals surface area contributed by atoms with Crippen molar-refractivity contribution in [1.82, 2.24) is 19.9 Å². The molecule has 3 aromatic rings. The van der Waals surface area contributed by atoms with Crippen LogP contribution in [0.2, 0.25) is 0 Å². The van der Waals surface area contributed by atoms with E-state index in [4.69, 9.17) is 4.74 Å². The summed E-state index contributed by atoms with van der Waals surface area (Å²) >= 11 is 1.45. The molecule has 0 unspecified atom stereocenters. The zero-order chi connectivity index (χ0) is 20.3. The van der Waals surface area contributed by atoms with E-state index in [9.17, 15) is 4.79 Å². The molecule has 2 aliphatic rings. The zero-order valence-electron chi connectivity index (χ0n) is 16.6. The summed E-state index contributed by atoms with van der Waals surface area (Å²) in [6, 6.07) is 18.4. The average molecular weight is 421 g/mol. The van der Waals surface area contributed by atoms with Crippen molar-refractivity contribution in [3.05, 3.63) is 66.1 Å². The number of nitrogens with one attached hydrogen (secondary N) is 3. The maximum absolute atomic E-state index is 13.2. The highest BCUT2D eigenvalue weighted by Crippen LogP contribution is 2.37. The van der Waals surface area contributed by atoms with Gasteiger partial charge in [-0.3, -0.25) is 9.52 Å². The van der Waals surface area contributed by atoms with Crippen LogP contribution in [-0.2, 0) is 11.3 Å². The lowest BCUT2D eigenvalue weighted by atomic mass is 10.1. The molecule has 3 N–H and O–H groups in total. The molecule has 154 valence electrons. The van der Waals surface area contributed by atoms with E-state index in [0.29, 0.717) is 24.5 Å². The normalized spacial score (nSPS) is 20.1. The molecular formula is C23H24N4O2S. The van der Waals surface area contributed by atoms with E-state index < -0.39 is 0 Å². The zero-order valence-corrected chi connectivity index (χ0v) is 17.4. The lowest BCUT2D eigenvalue weighted by molar-refractivity contribution is -0.116. The highest BCUT2D eigenvalue weighted by Gasteiger charge is 2.25. The van der Waals surface area contributed by atoms with E-state index in [1.165, 1.54) is 11.9 Å². The van der Waals surface area contributed by atoms with Crippen LogP contribution in [0.4, 0.5) is 0 Å². The van der Waals surface area contributed by atoms with E-state index in [0.717, 1.165) is 53.2 Å². The minimum atomic E-state index is -0.112. The number of rotatable bonds is 0. The van der Waals surface area contributed by atoms with Gasteiger partial charge in [0, 0.05) is 35.3 Å². The molecule has 0 bridgehead atoms. The van der Waals surface area contributed by atoms with Gasteiger partial charge in [-0.2, -0.15) is 0 Å². The Hall–Kier alpha value is -2.90. The van der Waals surface area contributed by atoms with Crippen LogP contribution < -0.4 is 20.1 Å². The Bertz CT molecular complexity index is 1120. The van der Waals surface area contributed by atoms with Crippen LogP contribution in [-0.4, -0.2) is 35.9 Å². The first-order valence-corrected chi connectivity index (χ1v) is 11.3. The first-order valence-electron chi connectivity index (χ1n) is 10.3. The second-order valence-electron chi connectivity index (χ2n) is 7.39. The molecule has 30 heavy (non-hydrogen) atoms. The van der Waals surface area contributed by atoms with Crippen LogP contribution in [0.1, 0.15) is 6.42 Å². The lowest BCUT2D eigenvalue weighted by Crippen LogP contribution is -2.35. The number of nitrogens with zero attached hydrogens (tertiary/aromatic N) is 1. The molecule has 0 fully saturated rings. The minimum Gasteiger partial charge on any atom is -0.440 e. The molecule has 6 nitrogen and oxygen atoms in total. The van der Waals surface area contributed by atoms with E-state index in [2.05, 4.69) is 44.2 Å². The molecule has 0 aliphatic carbocycles. The number of carbonyl (C=O) groups excluding carboxylic acids is 1. The molecule has 0 saturated heterocycles. The number of aromatic nitrogens is 1. The van der Waals surface area contributed by atoms with Crippen molar-refractivity contribution in [3.8, 4) is 17.0 Å². The van der Waals surface area contributed by atoms with Crippen LogP contribution in [0.15, 0.2) is 66.1 Å². The van der Waals surface area contributed by atoms with Gasteiger partial charge in [-0.15, -0.1) is 0 Å². The maximum Gasteiger partial charge on any atom is 0.264 e. The molecular weight excluding hydrogens is 396 g/mol. The summed E-state index contributed by atoms with van der Waals surface area (Å²) in [6.07, 6.45) is 1.01. The number of para-hydroxylation sites is 2. The summed E-state index contributed by atoms with van der Waals surface area (Å²) in [5.41, 5.74) is 3.76. The molecule has 3 heterocycles. The summed E-state index contributed by atoms with van der Waals surface area (Å²) in [6.45, 7) is 2.85. The lowest BCUT2D eigenvalue weighted by Gasteiger charge is -2.24. The Morgan fingerprint density at radius 1 is 1.00 bits per heavy atom. The van der Waals surface area contributed by atoms with Crippen LogP contribution in [0, 0.1) is 0 Å². The number of hydrogen-bond donors (Lipinski definition) is 3. The molecule has 1 amide bonds. The van der Waals surface area contributed by atoms with Gasteiger partial charge in [0.25, 0.3) is 5.91 Å². The van der Waals surface area contributed by atoms with E-state index in [-0.39, 0.29) is 5.91 Å². The standard InChI is InChI=1S/C23H24N4O2S/c28-22-18-15-27-19-8-3-1-6-16(19)14-20(27)17-7-2-4-9-21(17)29-23(18)25-12-11-24-10-5-13-30-26-22/h1-4,6-9,14,24-25H,5,10-13,15H2,(H,26,28)/b23-18+. The maximum atomic E-state index is 13.2. The molecule has 0 saturated carbocycles. The van der Waals surface area contributed by atoms with Crippen molar-refractivity contribution in [2.45, 2.75) is 13.0 Å². The molecule has 0 spiro atoms. The fourth-order valence-electron chi connectivity index (χ4n) is 3.93. The molecule has 2 aromatic carbocycles. The van der Waals surface area contributed by atoms with E-state index in [1.54, 1.807) is 0 Å². The SMILES string of the molecule is O=C1NSCCCNCCN/C2=C\1Cn1c(cc3ccccc31)-c1ccccc1O2. The van der Waals surface area contributed by atoms with Crippen LogP contribution in [0.5, 0.6) is 5.75 Å². The fraction of sp³-hybridized carbons (Fsp3) is 0.261. The molecule has 0 radical (unpaired) electrons. The molecule has 2 aliphatic heterocycles. The second kappa shape index (κ2) is 8.45. The van der Waals surface area contributed by atoms with Crippen molar-refractivity contribution in [2.75, 3.05) is 25.4 Å². The van der Waals surface area contributed by atoms with E-state index in [1.807, 2.05) is 30.3 Å². The third kappa shape index (κ3) is 3.66. The van der Waals surface area contributed by atoms with Crippen molar-refractivity contribution >= 4 is 28.8 Å². The molecule has 7 heteroatoms. The number of fused-ring (bicyclic) bond motifs is 5. The van der Waals surface area contributed by atoms with Crippen molar-refractivity contribution in [2.24, 2.45) is 0 Å². The summed E-state index contributed by atoms with van der Waals surface area (Å²) in [5, 5.41) is 7.93. The highest BCUT2D eigenvalue weighted by molar-refractivity contribution is 7.97. The first-order chi connectivity index (χ1) is 14.8. The van der Waals surface area contributed by atoms with Gasteiger partial charge in [0.2, 0.25) is 5.88 Å². The highest BCUT2D eigenvalue weighted by atomic mass is 32.2. The minimum absolute atomic E-state index is 0.112. The first kappa shape index (κ1) is 19.1. The van der Waals surface area contributed by atoms with Gasteiger partial charge < -0.3 is 19.9 Å². The van der Waals surface area contributed by atoms with Crippen molar-refractivity contribution < 1.29 is 9.53 Å². The largest absolute Gasteiger partial charge is 0.440 e. The van der Waals surface area contributed by atoms with Crippen LogP contribution in [0.25, 0.3) is 22.2 Å². The summed E-state index contributed by atoms with van der Waals surface area (Å²) < 4.78 is 11.5. The smallest absolute Gasteiger partial charge is 0.264 e. The number of benzene rings is 2. The van der Waals surface area contributed by atoms with Gasteiger partial charge in [0.15, 0.2) is 0 Å². The van der Waals surface area contributed by atoms with Crippen molar-refractivity contribution in [3.63, 3.8) is 0 Å². The van der Waals surface area contributed by atoms with Gasteiger partial charge in [-0.05, 0) is 37.2 Å². The Balaban J connectivity index is 1.67. The van der Waals surface area contributed by atoms with Gasteiger partial charge in [0.05, 0.1) is 17.8 Å². The quantitative estimate of drug-likeness (QED) is 0.487. The number of carbonyl (C=O) groups is 1. The van der Waals surface area contributed by atoms with Crippen molar-refractivity contribution in [1.29, 1.82) is 0 Å². The fourth-order valence-corrected chi connectivity index (χ4v) is 4.57. The summed E-state index contributed by atoms with van der Waals surface area (Å²) in [4.78, 5) is 13.2. The van der Waals surface area contributed by atoms with Gasteiger partial charge in [0.1, 0.15) is 5.75 Å². The topological polar surface area (TPSA) is 67.3 Å². The molecule has 1 aromatic heterocycles. The Morgan fingerprint density at radius 2 is 1.87 bits per heavy atom.